The van der Waals surface area contributed by atoms with Crippen molar-refractivity contribution in [3.05, 3.63) is 70.3 Å². The molecule has 0 N–H and O–H groups in total. The standard InChI is InChI=1S/C23H21FN2OS2/c24-18-12-6-4-8-15(18)14-28-23-25-20-17-11-5-7-13-19(17)29-21(20)22(27)26(23)16-9-2-1-3-10-16/h4-8,11-13,16H,1-3,9-10,14H2. The summed E-state index contributed by atoms with van der Waals surface area (Å²) in [6.45, 7) is 0. The van der Waals surface area contributed by atoms with Crippen LogP contribution in [0, 0.1) is 5.82 Å². The van der Waals surface area contributed by atoms with E-state index in [-0.39, 0.29) is 17.4 Å². The Hall–Kier alpha value is -2.18. The first-order valence-corrected chi connectivity index (χ1v) is 11.8. The summed E-state index contributed by atoms with van der Waals surface area (Å²) in [6, 6.07) is 15.0. The lowest BCUT2D eigenvalue weighted by Crippen LogP contribution is -2.28. The van der Waals surface area contributed by atoms with Crippen LogP contribution in [0.15, 0.2) is 58.5 Å². The van der Waals surface area contributed by atoms with Crippen molar-refractivity contribution in [1.29, 1.82) is 0 Å². The third-order valence-corrected chi connectivity index (χ3v) is 7.80. The molecule has 2 aromatic heterocycles. The van der Waals surface area contributed by atoms with Gasteiger partial charge in [-0.25, -0.2) is 9.37 Å². The van der Waals surface area contributed by atoms with E-state index < -0.39 is 0 Å². The lowest BCUT2D eigenvalue weighted by molar-refractivity contribution is 0.326. The summed E-state index contributed by atoms with van der Waals surface area (Å²) in [5.74, 6) is 0.244. The van der Waals surface area contributed by atoms with Crippen molar-refractivity contribution in [2.45, 2.75) is 49.1 Å². The number of rotatable bonds is 4. The van der Waals surface area contributed by atoms with E-state index in [9.17, 15) is 9.18 Å². The second kappa shape index (κ2) is 7.92. The van der Waals surface area contributed by atoms with Gasteiger partial charge >= 0.3 is 0 Å². The van der Waals surface area contributed by atoms with Gasteiger partial charge in [-0.05, 0) is 30.5 Å². The summed E-state index contributed by atoms with van der Waals surface area (Å²) < 4.78 is 17.9. The Morgan fingerprint density at radius 1 is 1.07 bits per heavy atom. The zero-order valence-electron chi connectivity index (χ0n) is 15.9. The average molecular weight is 425 g/mol. The van der Waals surface area contributed by atoms with Gasteiger partial charge in [0.05, 0.1) is 5.52 Å². The minimum Gasteiger partial charge on any atom is -0.283 e. The van der Waals surface area contributed by atoms with Gasteiger partial charge < -0.3 is 0 Å². The second-order valence-corrected chi connectivity index (χ2v) is 9.51. The number of benzene rings is 2. The van der Waals surface area contributed by atoms with Gasteiger partial charge in [-0.1, -0.05) is 67.4 Å². The molecule has 2 heterocycles. The Kier molecular flexibility index (Phi) is 5.14. The molecule has 0 spiro atoms. The van der Waals surface area contributed by atoms with Gasteiger partial charge in [0.15, 0.2) is 5.16 Å². The van der Waals surface area contributed by atoms with E-state index in [1.54, 1.807) is 12.1 Å². The van der Waals surface area contributed by atoms with Crippen LogP contribution >= 0.6 is 23.1 Å². The molecule has 0 saturated heterocycles. The Morgan fingerprint density at radius 2 is 1.83 bits per heavy atom. The van der Waals surface area contributed by atoms with Gasteiger partial charge in [0.25, 0.3) is 5.56 Å². The van der Waals surface area contributed by atoms with Crippen LogP contribution < -0.4 is 5.56 Å². The molecule has 0 bridgehead atoms. The number of thioether (sulfide) groups is 1. The highest BCUT2D eigenvalue weighted by atomic mass is 32.2. The predicted octanol–water partition coefficient (Wildman–Crippen LogP) is 6.55. The minimum absolute atomic E-state index is 0.0548. The topological polar surface area (TPSA) is 34.9 Å². The van der Waals surface area contributed by atoms with Crippen LogP contribution in [0.1, 0.15) is 43.7 Å². The predicted molar refractivity (Wildman–Crippen MR) is 119 cm³/mol. The molecule has 148 valence electrons. The van der Waals surface area contributed by atoms with Crippen LogP contribution in [0.5, 0.6) is 0 Å². The number of fused-ring (bicyclic) bond motifs is 3. The first-order chi connectivity index (χ1) is 14.2. The molecule has 4 aromatic rings. The molecule has 1 aliphatic rings. The van der Waals surface area contributed by atoms with Crippen molar-refractivity contribution in [2.24, 2.45) is 0 Å². The molecule has 29 heavy (non-hydrogen) atoms. The molecule has 0 radical (unpaired) electrons. The minimum atomic E-state index is -0.214. The normalized spacial score (nSPS) is 15.3. The molecule has 1 saturated carbocycles. The van der Waals surface area contributed by atoms with Gasteiger partial charge in [0.1, 0.15) is 10.5 Å². The fraction of sp³-hybridized carbons (Fsp3) is 0.304. The first-order valence-electron chi connectivity index (χ1n) is 10.0. The number of thiophene rings is 1. The molecule has 2 aromatic carbocycles. The number of aromatic nitrogens is 2. The largest absolute Gasteiger partial charge is 0.283 e. The molecule has 5 rings (SSSR count). The van der Waals surface area contributed by atoms with Crippen molar-refractivity contribution in [2.75, 3.05) is 0 Å². The molecule has 1 aliphatic carbocycles. The van der Waals surface area contributed by atoms with Crippen LogP contribution in [-0.2, 0) is 5.75 Å². The smallest absolute Gasteiger partial charge is 0.272 e. The molecule has 0 amide bonds. The highest BCUT2D eigenvalue weighted by Crippen LogP contribution is 2.36. The van der Waals surface area contributed by atoms with Crippen LogP contribution in [0.3, 0.4) is 0 Å². The lowest BCUT2D eigenvalue weighted by Gasteiger charge is -2.25. The Morgan fingerprint density at radius 3 is 2.66 bits per heavy atom. The average Bonchev–Trinajstić information content (AvgIpc) is 3.13. The van der Waals surface area contributed by atoms with Crippen molar-refractivity contribution in [1.82, 2.24) is 9.55 Å². The fourth-order valence-corrected chi connectivity index (χ4v) is 6.28. The fourth-order valence-electron chi connectivity index (χ4n) is 4.15. The number of nitrogens with zero attached hydrogens (tertiary/aromatic N) is 2. The molecule has 0 unspecified atom stereocenters. The van der Waals surface area contributed by atoms with Crippen LogP contribution in [-0.4, -0.2) is 9.55 Å². The zero-order chi connectivity index (χ0) is 19.8. The van der Waals surface area contributed by atoms with Crippen molar-refractivity contribution >= 4 is 43.4 Å². The Labute approximate surface area is 176 Å². The summed E-state index contributed by atoms with van der Waals surface area (Å²) in [5.41, 5.74) is 1.47. The van der Waals surface area contributed by atoms with Gasteiger partial charge in [-0.15, -0.1) is 11.3 Å². The summed E-state index contributed by atoms with van der Waals surface area (Å²) >= 11 is 2.99. The van der Waals surface area contributed by atoms with Crippen molar-refractivity contribution in [3.63, 3.8) is 0 Å². The van der Waals surface area contributed by atoms with E-state index in [4.69, 9.17) is 4.98 Å². The SMILES string of the molecule is O=c1c2sc3ccccc3c2nc(SCc2ccccc2F)n1C1CCCCC1. The summed E-state index contributed by atoms with van der Waals surface area (Å²) in [5, 5.41) is 1.73. The highest BCUT2D eigenvalue weighted by molar-refractivity contribution is 7.98. The van der Waals surface area contributed by atoms with Crippen molar-refractivity contribution < 1.29 is 4.39 Å². The molecule has 0 atom stereocenters. The van der Waals surface area contributed by atoms with E-state index in [2.05, 4.69) is 0 Å². The molecule has 0 aliphatic heterocycles. The van der Waals surface area contributed by atoms with E-state index in [0.29, 0.717) is 16.5 Å². The van der Waals surface area contributed by atoms with Crippen LogP contribution in [0.25, 0.3) is 20.3 Å². The van der Waals surface area contributed by atoms with E-state index >= 15 is 0 Å². The Balaban J connectivity index is 1.65. The lowest BCUT2D eigenvalue weighted by atomic mass is 9.95. The van der Waals surface area contributed by atoms with E-state index in [0.717, 1.165) is 46.0 Å². The molecule has 1 fully saturated rings. The molecule has 6 heteroatoms. The van der Waals surface area contributed by atoms with Gasteiger partial charge in [0.2, 0.25) is 0 Å². The van der Waals surface area contributed by atoms with Gasteiger partial charge in [-0.2, -0.15) is 0 Å². The third-order valence-electron chi connectivity index (χ3n) is 5.65. The summed E-state index contributed by atoms with van der Waals surface area (Å²) in [7, 11) is 0. The van der Waals surface area contributed by atoms with Crippen LogP contribution in [0.4, 0.5) is 4.39 Å². The second-order valence-electron chi connectivity index (χ2n) is 7.52. The maximum absolute atomic E-state index is 14.1. The maximum Gasteiger partial charge on any atom is 0.272 e. The Bertz CT molecular complexity index is 1240. The summed E-state index contributed by atoms with van der Waals surface area (Å²) in [4.78, 5) is 18.5. The maximum atomic E-state index is 14.1. The van der Waals surface area contributed by atoms with E-state index in [1.165, 1.54) is 35.6 Å². The number of hydrogen-bond donors (Lipinski definition) is 0. The highest BCUT2D eigenvalue weighted by Gasteiger charge is 2.23. The number of hydrogen-bond acceptors (Lipinski definition) is 4. The third kappa shape index (κ3) is 3.49. The van der Waals surface area contributed by atoms with Gasteiger partial charge in [0, 0.05) is 21.9 Å². The van der Waals surface area contributed by atoms with Gasteiger partial charge in [-0.3, -0.25) is 9.36 Å². The monoisotopic (exact) mass is 424 g/mol. The molecular weight excluding hydrogens is 403 g/mol. The number of halogens is 1. The van der Waals surface area contributed by atoms with E-state index in [1.807, 2.05) is 34.9 Å². The molecule has 3 nitrogen and oxygen atoms in total. The summed E-state index contributed by atoms with van der Waals surface area (Å²) in [6.07, 6.45) is 5.51. The molecular formula is C23H21FN2OS2. The van der Waals surface area contributed by atoms with Crippen LogP contribution in [0.2, 0.25) is 0 Å². The first kappa shape index (κ1) is 18.8. The zero-order valence-corrected chi connectivity index (χ0v) is 17.6. The van der Waals surface area contributed by atoms with Crippen molar-refractivity contribution in [3.8, 4) is 0 Å². The quantitative estimate of drug-likeness (QED) is 0.275.